The van der Waals surface area contributed by atoms with Crippen molar-refractivity contribution in [1.29, 1.82) is 0 Å². The number of carbonyl (C=O) groups is 1. The van der Waals surface area contributed by atoms with E-state index in [1.165, 1.54) is 11.3 Å². The van der Waals surface area contributed by atoms with Crippen molar-refractivity contribution >= 4 is 23.1 Å². The van der Waals surface area contributed by atoms with E-state index in [4.69, 9.17) is 5.73 Å². The van der Waals surface area contributed by atoms with Crippen LogP contribution < -0.4 is 11.1 Å². The molecule has 2 aromatic rings. The molecule has 96 valence electrons. The Bertz CT molecular complexity index is 560. The Labute approximate surface area is 109 Å². The largest absolute Gasteiger partial charge is 0.330 e. The van der Waals surface area contributed by atoms with Gasteiger partial charge < -0.3 is 11.1 Å². The van der Waals surface area contributed by atoms with Gasteiger partial charge in [0.2, 0.25) is 0 Å². The second-order valence-electron chi connectivity index (χ2n) is 3.91. The zero-order chi connectivity index (χ0) is 13.1. The molecule has 0 aliphatic carbocycles. The molecule has 0 atom stereocenters. The number of carbonyl (C=O) groups excluding carboxylic acids is 1. The van der Waals surface area contributed by atoms with Gasteiger partial charge in [-0.25, -0.2) is 4.98 Å². The number of nitrogens with one attached hydrogen (secondary N) is 1. The van der Waals surface area contributed by atoms with Gasteiger partial charge in [-0.1, -0.05) is 0 Å². The fourth-order valence-electron chi connectivity index (χ4n) is 1.56. The molecule has 0 radical (unpaired) electrons. The van der Waals surface area contributed by atoms with Gasteiger partial charge >= 0.3 is 0 Å². The van der Waals surface area contributed by atoms with E-state index in [9.17, 15) is 4.79 Å². The summed E-state index contributed by atoms with van der Waals surface area (Å²) in [4.78, 5) is 16.2. The van der Waals surface area contributed by atoms with Crippen LogP contribution in [0.4, 0.5) is 5.82 Å². The van der Waals surface area contributed by atoms with Crippen molar-refractivity contribution in [2.75, 3.05) is 11.9 Å². The van der Waals surface area contributed by atoms with Gasteiger partial charge in [0.1, 0.15) is 11.5 Å². The van der Waals surface area contributed by atoms with Crippen molar-refractivity contribution in [1.82, 2.24) is 14.8 Å². The van der Waals surface area contributed by atoms with Gasteiger partial charge in [-0.2, -0.15) is 5.10 Å². The summed E-state index contributed by atoms with van der Waals surface area (Å²) in [6, 6.07) is 1.81. The maximum Gasteiger partial charge on any atom is 0.276 e. The minimum atomic E-state index is -0.225. The first kappa shape index (κ1) is 12.7. The van der Waals surface area contributed by atoms with Crippen molar-refractivity contribution in [3.05, 3.63) is 27.8 Å². The van der Waals surface area contributed by atoms with Crippen molar-refractivity contribution in [2.24, 2.45) is 12.8 Å². The second-order valence-corrected chi connectivity index (χ2v) is 4.86. The normalized spacial score (nSPS) is 10.6. The third-order valence-electron chi connectivity index (χ3n) is 2.39. The molecule has 0 saturated heterocycles. The van der Waals surface area contributed by atoms with Crippen LogP contribution in [0.3, 0.4) is 0 Å². The standard InChI is InChI=1S/C11H15N5OS/c1-7-5-9(16(2)15-7)14-11(17)8-6-18-10(13-8)3-4-12/h5-6H,3-4,12H2,1-2H3,(H,14,17). The van der Waals surface area contributed by atoms with E-state index < -0.39 is 0 Å². The lowest BCUT2D eigenvalue weighted by atomic mass is 10.4. The van der Waals surface area contributed by atoms with Crippen molar-refractivity contribution in [3.63, 3.8) is 0 Å². The molecule has 2 rings (SSSR count). The van der Waals surface area contributed by atoms with Crippen LogP contribution in [0, 0.1) is 6.92 Å². The van der Waals surface area contributed by atoms with Crippen molar-refractivity contribution in [2.45, 2.75) is 13.3 Å². The van der Waals surface area contributed by atoms with Gasteiger partial charge in [0.15, 0.2) is 0 Å². The molecule has 0 aliphatic heterocycles. The zero-order valence-corrected chi connectivity index (χ0v) is 11.1. The maximum atomic E-state index is 12.0. The monoisotopic (exact) mass is 265 g/mol. The van der Waals surface area contributed by atoms with E-state index in [1.807, 2.05) is 13.0 Å². The van der Waals surface area contributed by atoms with Crippen LogP contribution in [0.15, 0.2) is 11.4 Å². The molecule has 0 fully saturated rings. The minimum absolute atomic E-state index is 0.225. The molecule has 0 aromatic carbocycles. The maximum absolute atomic E-state index is 12.0. The number of amides is 1. The van der Waals surface area contributed by atoms with Gasteiger partial charge in [-0.05, 0) is 13.5 Å². The van der Waals surface area contributed by atoms with Gasteiger partial charge in [-0.15, -0.1) is 11.3 Å². The molecule has 3 N–H and O–H groups in total. The molecule has 6 nitrogen and oxygen atoms in total. The summed E-state index contributed by atoms with van der Waals surface area (Å²) in [6.45, 7) is 2.41. The van der Waals surface area contributed by atoms with E-state index in [-0.39, 0.29) is 5.91 Å². The summed E-state index contributed by atoms with van der Waals surface area (Å²) >= 11 is 1.45. The Balaban J connectivity index is 2.09. The van der Waals surface area contributed by atoms with E-state index in [0.29, 0.717) is 24.5 Å². The second kappa shape index (κ2) is 5.28. The lowest BCUT2D eigenvalue weighted by molar-refractivity contribution is 0.102. The molecule has 0 unspecified atom stereocenters. The highest BCUT2D eigenvalue weighted by Crippen LogP contribution is 2.13. The van der Waals surface area contributed by atoms with Crippen LogP contribution >= 0.6 is 11.3 Å². The number of aryl methyl sites for hydroxylation is 2. The molecule has 2 heterocycles. The molecule has 0 aliphatic rings. The SMILES string of the molecule is Cc1cc(NC(=O)c2csc(CCN)n2)n(C)n1. The third kappa shape index (κ3) is 2.74. The first-order chi connectivity index (χ1) is 8.60. The van der Waals surface area contributed by atoms with Gasteiger partial charge in [0.25, 0.3) is 5.91 Å². The van der Waals surface area contributed by atoms with Crippen molar-refractivity contribution < 1.29 is 4.79 Å². The van der Waals surface area contributed by atoms with E-state index in [2.05, 4.69) is 15.4 Å². The third-order valence-corrected chi connectivity index (χ3v) is 3.29. The van der Waals surface area contributed by atoms with Gasteiger partial charge in [0.05, 0.1) is 10.7 Å². The van der Waals surface area contributed by atoms with Crippen LogP contribution in [0.1, 0.15) is 21.2 Å². The minimum Gasteiger partial charge on any atom is -0.330 e. The first-order valence-corrected chi connectivity index (χ1v) is 6.44. The Kier molecular flexibility index (Phi) is 3.73. The Morgan fingerprint density at radius 3 is 3.00 bits per heavy atom. The number of rotatable bonds is 4. The lowest BCUT2D eigenvalue weighted by Gasteiger charge is -2.02. The summed E-state index contributed by atoms with van der Waals surface area (Å²) < 4.78 is 1.63. The Morgan fingerprint density at radius 1 is 1.61 bits per heavy atom. The number of thiazole rings is 1. The number of hydrogen-bond acceptors (Lipinski definition) is 5. The predicted octanol–water partition coefficient (Wildman–Crippen LogP) is 0.939. The Morgan fingerprint density at radius 2 is 2.39 bits per heavy atom. The number of hydrogen-bond donors (Lipinski definition) is 2. The molecule has 0 saturated carbocycles. The highest BCUT2D eigenvalue weighted by molar-refractivity contribution is 7.09. The molecule has 2 aromatic heterocycles. The summed E-state index contributed by atoms with van der Waals surface area (Å²) in [5.74, 6) is 0.434. The number of nitrogens with zero attached hydrogens (tertiary/aromatic N) is 3. The van der Waals surface area contributed by atoms with E-state index in [0.717, 1.165) is 10.7 Å². The smallest absolute Gasteiger partial charge is 0.276 e. The molecule has 7 heteroatoms. The molecule has 0 bridgehead atoms. The summed E-state index contributed by atoms with van der Waals surface area (Å²) in [5, 5.41) is 9.56. The highest BCUT2D eigenvalue weighted by Gasteiger charge is 2.12. The quantitative estimate of drug-likeness (QED) is 0.861. The molecular weight excluding hydrogens is 250 g/mol. The summed E-state index contributed by atoms with van der Waals surface area (Å²) in [6.07, 6.45) is 0.697. The van der Waals surface area contributed by atoms with Crippen LogP contribution in [0.2, 0.25) is 0 Å². The van der Waals surface area contributed by atoms with Crippen LogP contribution in [0.25, 0.3) is 0 Å². The topological polar surface area (TPSA) is 85.8 Å². The van der Waals surface area contributed by atoms with E-state index in [1.54, 1.807) is 17.1 Å². The number of aromatic nitrogens is 3. The molecule has 18 heavy (non-hydrogen) atoms. The van der Waals surface area contributed by atoms with Gasteiger partial charge in [0, 0.05) is 24.9 Å². The summed E-state index contributed by atoms with van der Waals surface area (Å²) in [5.41, 5.74) is 6.72. The van der Waals surface area contributed by atoms with Gasteiger partial charge in [-0.3, -0.25) is 9.48 Å². The fraction of sp³-hybridized carbons (Fsp3) is 0.364. The molecular formula is C11H15N5OS. The Hall–Kier alpha value is -1.73. The molecule has 1 amide bonds. The highest BCUT2D eigenvalue weighted by atomic mass is 32.1. The van der Waals surface area contributed by atoms with E-state index >= 15 is 0 Å². The van der Waals surface area contributed by atoms with Crippen molar-refractivity contribution in [3.8, 4) is 0 Å². The summed E-state index contributed by atoms with van der Waals surface area (Å²) in [7, 11) is 1.78. The average molecular weight is 265 g/mol. The number of nitrogens with two attached hydrogens (primary N) is 1. The van der Waals surface area contributed by atoms with Crippen LogP contribution in [0.5, 0.6) is 0 Å². The zero-order valence-electron chi connectivity index (χ0n) is 10.3. The van der Waals surface area contributed by atoms with Crippen LogP contribution in [-0.4, -0.2) is 27.2 Å². The first-order valence-electron chi connectivity index (χ1n) is 5.56. The predicted molar refractivity (Wildman–Crippen MR) is 70.8 cm³/mol. The lowest BCUT2D eigenvalue weighted by Crippen LogP contribution is -2.15. The average Bonchev–Trinajstić information content (AvgIpc) is 2.87. The fourth-order valence-corrected chi connectivity index (χ4v) is 2.36. The van der Waals surface area contributed by atoms with Crippen LogP contribution in [-0.2, 0) is 13.5 Å². The molecule has 0 spiro atoms. The number of anilines is 1.